The molecule has 0 fully saturated rings. The van der Waals surface area contributed by atoms with Crippen LogP contribution in [-0.2, 0) is 22.6 Å². The van der Waals surface area contributed by atoms with Gasteiger partial charge in [-0.25, -0.2) is 4.79 Å². The summed E-state index contributed by atoms with van der Waals surface area (Å²) in [6.45, 7) is 0.664. The molecule has 9 heteroatoms. The highest BCUT2D eigenvalue weighted by molar-refractivity contribution is 6.05. The van der Waals surface area contributed by atoms with Crippen molar-refractivity contribution in [2.24, 2.45) is 4.99 Å². The molecular formula is C32H31N5O4. The van der Waals surface area contributed by atoms with Crippen molar-refractivity contribution in [3.8, 4) is 0 Å². The minimum absolute atomic E-state index is 0.0764. The van der Waals surface area contributed by atoms with Gasteiger partial charge in [0.05, 0.1) is 11.4 Å². The summed E-state index contributed by atoms with van der Waals surface area (Å²) in [5.74, 6) is 0.562. The number of nitrogen functional groups attached to an aromatic ring is 1. The van der Waals surface area contributed by atoms with Crippen molar-refractivity contribution in [2.45, 2.75) is 32.4 Å². The monoisotopic (exact) mass is 549 g/mol. The molecule has 1 aliphatic carbocycles. The number of carbonyl (C=O) groups excluding carboxylic acids is 2. The highest BCUT2D eigenvalue weighted by atomic mass is 16.6. The van der Waals surface area contributed by atoms with Gasteiger partial charge in [-0.3, -0.25) is 9.78 Å². The largest absolute Gasteiger partial charge is 0.488 e. The molecule has 0 spiro atoms. The van der Waals surface area contributed by atoms with E-state index in [-0.39, 0.29) is 25.0 Å². The normalized spacial score (nSPS) is 15.3. The summed E-state index contributed by atoms with van der Waals surface area (Å²) < 4.78 is 11.5. The molecule has 3 N–H and O–H groups in total. The van der Waals surface area contributed by atoms with Gasteiger partial charge in [0.25, 0.3) is 5.91 Å². The van der Waals surface area contributed by atoms with Crippen molar-refractivity contribution >= 4 is 29.2 Å². The third-order valence-corrected chi connectivity index (χ3v) is 6.58. The molecule has 5 rings (SSSR count). The van der Waals surface area contributed by atoms with Crippen LogP contribution in [0.4, 0.5) is 16.2 Å². The molecule has 0 atom stereocenters. The molecule has 9 nitrogen and oxygen atoms in total. The average Bonchev–Trinajstić information content (AvgIpc) is 2.99. The fraction of sp³-hybridized carbons (Fsp3) is 0.188. The maximum Gasteiger partial charge on any atom is 0.347 e. The van der Waals surface area contributed by atoms with Crippen LogP contribution in [0.2, 0.25) is 0 Å². The third kappa shape index (κ3) is 7.69. The third-order valence-electron chi connectivity index (χ3n) is 6.58. The van der Waals surface area contributed by atoms with Crippen LogP contribution in [0.1, 0.15) is 40.7 Å². The van der Waals surface area contributed by atoms with Crippen LogP contribution in [0, 0.1) is 0 Å². The number of hydrogen-bond donors (Lipinski definition) is 2. The molecule has 3 amide bonds. The Hall–Kier alpha value is -5.18. The number of para-hydroxylation sites is 2. The van der Waals surface area contributed by atoms with Crippen LogP contribution in [-0.4, -0.2) is 34.3 Å². The quantitative estimate of drug-likeness (QED) is 0.333. The number of hydrogen-bond acceptors (Lipinski definition) is 6. The molecule has 2 aromatic carbocycles. The molecule has 0 bridgehead atoms. The van der Waals surface area contributed by atoms with Crippen molar-refractivity contribution < 1.29 is 19.1 Å². The fourth-order valence-corrected chi connectivity index (χ4v) is 4.43. The Bertz CT molecular complexity index is 1510. The number of carbonyl (C=O) groups is 2. The Kier molecular flexibility index (Phi) is 8.85. The topological polar surface area (TPSA) is 119 Å². The zero-order chi connectivity index (χ0) is 28.4. The maximum atomic E-state index is 13.4. The number of ether oxygens (including phenoxy) is 2. The Balaban J connectivity index is 1.27. The summed E-state index contributed by atoms with van der Waals surface area (Å²) >= 11 is 0. The van der Waals surface area contributed by atoms with Gasteiger partial charge in [-0.2, -0.15) is 4.99 Å². The number of nitrogens with two attached hydrogens (primary N) is 1. The first kappa shape index (κ1) is 27.4. The summed E-state index contributed by atoms with van der Waals surface area (Å²) in [4.78, 5) is 36.1. The first-order valence-electron chi connectivity index (χ1n) is 13.4. The van der Waals surface area contributed by atoms with Crippen LogP contribution in [0.5, 0.6) is 0 Å². The molecule has 0 saturated carbocycles. The Morgan fingerprint density at radius 1 is 1.00 bits per heavy atom. The van der Waals surface area contributed by atoms with Crippen LogP contribution in [0.25, 0.3) is 0 Å². The molecule has 2 heterocycles. The summed E-state index contributed by atoms with van der Waals surface area (Å²) in [5, 5.41) is 2.82. The SMILES string of the molecule is Nc1ccccc1NC(=O)c1ccc(CN(Cc2ccncc2)C(=O)N=C2COC=C(CC3=CC=CCC3)O2)cc1. The van der Waals surface area contributed by atoms with Crippen LogP contribution >= 0.6 is 0 Å². The predicted molar refractivity (Wildman–Crippen MR) is 158 cm³/mol. The van der Waals surface area contributed by atoms with E-state index in [1.54, 1.807) is 60.0 Å². The van der Waals surface area contributed by atoms with Crippen molar-refractivity contribution in [2.75, 3.05) is 17.7 Å². The van der Waals surface area contributed by atoms with Crippen molar-refractivity contribution in [3.63, 3.8) is 0 Å². The zero-order valence-corrected chi connectivity index (χ0v) is 22.5. The van der Waals surface area contributed by atoms with E-state index >= 15 is 0 Å². The zero-order valence-electron chi connectivity index (χ0n) is 22.5. The van der Waals surface area contributed by atoms with Crippen molar-refractivity contribution in [3.05, 3.63) is 126 Å². The van der Waals surface area contributed by atoms with Gasteiger partial charge in [-0.1, -0.05) is 48.1 Å². The number of urea groups is 1. The first-order chi connectivity index (χ1) is 20.0. The Labute approximate surface area is 238 Å². The second-order valence-corrected chi connectivity index (χ2v) is 9.70. The number of allylic oxidation sites excluding steroid dienone is 4. The lowest BCUT2D eigenvalue weighted by Crippen LogP contribution is -2.30. The summed E-state index contributed by atoms with van der Waals surface area (Å²) in [6.07, 6.45) is 13.8. The number of pyridine rings is 1. The van der Waals surface area contributed by atoms with Crippen LogP contribution < -0.4 is 11.1 Å². The van der Waals surface area contributed by atoms with Crippen molar-refractivity contribution in [1.82, 2.24) is 9.88 Å². The number of anilines is 2. The average molecular weight is 550 g/mol. The van der Waals surface area contributed by atoms with E-state index in [1.165, 1.54) is 5.57 Å². The molecule has 208 valence electrons. The summed E-state index contributed by atoms with van der Waals surface area (Å²) in [6, 6.07) is 17.4. The van der Waals surface area contributed by atoms with E-state index in [4.69, 9.17) is 15.2 Å². The standard InChI is InChI=1S/C32H31N5O4/c33-28-8-4-5-9-29(28)35-31(38)26-12-10-24(11-13-26)19-37(20-25-14-16-34-17-15-25)32(39)36-30-22-40-21-27(41-30)18-23-6-2-1-3-7-23/h1-2,4-6,8-17,21H,3,7,18-20,22,33H2,(H,35,38). The smallest absolute Gasteiger partial charge is 0.347 e. The van der Waals surface area contributed by atoms with E-state index in [2.05, 4.69) is 27.4 Å². The fourth-order valence-electron chi connectivity index (χ4n) is 4.43. The van der Waals surface area contributed by atoms with Gasteiger partial charge in [-0.05, 0) is 60.4 Å². The Morgan fingerprint density at radius 2 is 1.76 bits per heavy atom. The van der Waals surface area contributed by atoms with Gasteiger partial charge in [0.2, 0.25) is 5.90 Å². The summed E-state index contributed by atoms with van der Waals surface area (Å²) in [5.41, 5.74) is 10.4. The van der Waals surface area contributed by atoms with E-state index < -0.39 is 6.03 Å². The molecule has 1 aliphatic heterocycles. The van der Waals surface area contributed by atoms with Gasteiger partial charge in [0.15, 0.2) is 6.61 Å². The molecule has 0 unspecified atom stereocenters. The number of benzene rings is 2. The molecule has 2 aliphatic rings. The van der Waals surface area contributed by atoms with E-state index in [9.17, 15) is 9.59 Å². The second kappa shape index (κ2) is 13.3. The van der Waals surface area contributed by atoms with Crippen LogP contribution in [0.15, 0.2) is 114 Å². The second-order valence-electron chi connectivity index (χ2n) is 9.70. The molecule has 0 radical (unpaired) electrons. The van der Waals surface area contributed by atoms with Crippen molar-refractivity contribution in [1.29, 1.82) is 0 Å². The summed E-state index contributed by atoms with van der Waals surface area (Å²) in [7, 11) is 0. The number of nitrogens with one attached hydrogen (secondary N) is 1. The van der Waals surface area contributed by atoms with Crippen LogP contribution in [0.3, 0.4) is 0 Å². The van der Waals surface area contributed by atoms with Gasteiger partial charge in [0, 0.05) is 37.5 Å². The number of amides is 3. The molecule has 3 aromatic rings. The lowest BCUT2D eigenvalue weighted by Gasteiger charge is -2.23. The molecule has 41 heavy (non-hydrogen) atoms. The number of aromatic nitrogens is 1. The number of aliphatic imine (C=N–C) groups is 1. The van der Waals surface area contributed by atoms with E-state index in [0.717, 1.165) is 24.0 Å². The predicted octanol–water partition coefficient (Wildman–Crippen LogP) is 5.99. The minimum Gasteiger partial charge on any atom is -0.488 e. The van der Waals surface area contributed by atoms with Gasteiger partial charge >= 0.3 is 6.03 Å². The minimum atomic E-state index is -0.456. The van der Waals surface area contributed by atoms with Gasteiger partial charge in [-0.15, -0.1) is 0 Å². The lowest BCUT2D eigenvalue weighted by molar-refractivity contribution is 0.102. The van der Waals surface area contributed by atoms with Gasteiger partial charge < -0.3 is 25.4 Å². The molecular weight excluding hydrogens is 518 g/mol. The molecule has 0 saturated heterocycles. The Morgan fingerprint density at radius 3 is 2.49 bits per heavy atom. The van der Waals surface area contributed by atoms with Gasteiger partial charge in [0.1, 0.15) is 12.0 Å². The number of nitrogens with zero attached hydrogens (tertiary/aromatic N) is 3. The molecule has 1 aromatic heterocycles. The number of rotatable bonds is 8. The van der Waals surface area contributed by atoms with E-state index in [0.29, 0.717) is 35.7 Å². The highest BCUT2D eigenvalue weighted by Crippen LogP contribution is 2.23. The lowest BCUT2D eigenvalue weighted by atomic mass is 10.0. The highest BCUT2D eigenvalue weighted by Gasteiger charge is 2.20. The van der Waals surface area contributed by atoms with E-state index in [1.807, 2.05) is 30.3 Å². The maximum absolute atomic E-state index is 13.4. The first-order valence-corrected chi connectivity index (χ1v) is 13.4.